The van der Waals surface area contributed by atoms with Gasteiger partial charge in [-0.2, -0.15) is 0 Å². The monoisotopic (exact) mass is 269 g/mol. The minimum absolute atomic E-state index is 0.280. The van der Waals surface area contributed by atoms with Crippen LogP contribution < -0.4 is 5.73 Å². The molecule has 0 heterocycles. The van der Waals surface area contributed by atoms with Gasteiger partial charge in [-0.05, 0) is 47.0 Å². The van der Waals surface area contributed by atoms with Gasteiger partial charge in [-0.25, -0.2) is 0 Å². The van der Waals surface area contributed by atoms with Gasteiger partial charge >= 0.3 is 0 Å². The highest BCUT2D eigenvalue weighted by molar-refractivity contribution is 4.93. The van der Waals surface area contributed by atoms with E-state index >= 15 is 0 Å². The van der Waals surface area contributed by atoms with Gasteiger partial charge in [-0.1, -0.05) is 69.2 Å². The molecule has 0 atom stereocenters. The highest BCUT2D eigenvalue weighted by atomic mass is 14.6. The molecular formula is C18H39N. The summed E-state index contributed by atoms with van der Waals surface area (Å²) >= 11 is 0. The zero-order chi connectivity index (χ0) is 15.7. The van der Waals surface area contributed by atoms with Crippen LogP contribution in [0, 0.1) is 27.6 Å². The van der Waals surface area contributed by atoms with Crippen molar-refractivity contribution < 1.29 is 0 Å². The van der Waals surface area contributed by atoms with Crippen molar-refractivity contribution >= 4 is 0 Å². The first-order chi connectivity index (χ1) is 8.11. The van der Waals surface area contributed by atoms with Crippen molar-refractivity contribution in [2.24, 2.45) is 33.3 Å². The molecule has 0 saturated carbocycles. The van der Waals surface area contributed by atoms with Crippen LogP contribution in [0.25, 0.3) is 0 Å². The van der Waals surface area contributed by atoms with Gasteiger partial charge in [0.25, 0.3) is 0 Å². The summed E-state index contributed by atoms with van der Waals surface area (Å²) in [5.74, 6) is 0.554. The van der Waals surface area contributed by atoms with Crippen LogP contribution in [0.2, 0.25) is 0 Å². The fraction of sp³-hybridized carbons (Fsp3) is 1.00. The van der Waals surface area contributed by atoms with Gasteiger partial charge in [-0.3, -0.25) is 0 Å². The third-order valence-corrected chi connectivity index (χ3v) is 4.09. The standard InChI is InChI=1S/C18H39N/c1-15(2,3)12-17(7,8)14(11-19)18(9,10)13-16(4,5)6/h14H,11-13,19H2,1-10H3. The highest BCUT2D eigenvalue weighted by Gasteiger charge is 2.42. The zero-order valence-electron chi connectivity index (χ0n) is 15.3. The Balaban J connectivity index is 5.18. The number of rotatable bonds is 5. The fourth-order valence-electron chi connectivity index (χ4n) is 4.68. The summed E-state index contributed by atoms with van der Waals surface area (Å²) in [6.07, 6.45) is 2.44. The van der Waals surface area contributed by atoms with Crippen LogP contribution in [-0.4, -0.2) is 6.54 Å². The van der Waals surface area contributed by atoms with Crippen molar-refractivity contribution in [3.8, 4) is 0 Å². The fourth-order valence-corrected chi connectivity index (χ4v) is 4.68. The average Bonchev–Trinajstić information content (AvgIpc) is 1.91. The van der Waals surface area contributed by atoms with Crippen LogP contribution in [-0.2, 0) is 0 Å². The van der Waals surface area contributed by atoms with Gasteiger partial charge in [0.2, 0.25) is 0 Å². The Morgan fingerprint density at radius 2 is 0.895 bits per heavy atom. The van der Waals surface area contributed by atoms with E-state index < -0.39 is 0 Å². The van der Waals surface area contributed by atoms with E-state index in [0.717, 1.165) is 6.54 Å². The Hall–Kier alpha value is -0.0400. The molecule has 0 unspecified atom stereocenters. The predicted octanol–water partition coefficient (Wildman–Crippen LogP) is 5.49. The van der Waals surface area contributed by atoms with Gasteiger partial charge in [0.05, 0.1) is 0 Å². The van der Waals surface area contributed by atoms with Crippen molar-refractivity contribution in [2.75, 3.05) is 6.54 Å². The van der Waals surface area contributed by atoms with E-state index in [-0.39, 0.29) is 10.8 Å². The summed E-state index contributed by atoms with van der Waals surface area (Å²) in [6.45, 7) is 24.4. The molecule has 1 heteroatoms. The highest BCUT2D eigenvalue weighted by Crippen LogP contribution is 2.50. The smallest absolute Gasteiger partial charge is 0.00386 e. The Bertz CT molecular complexity index is 245. The molecule has 0 aliphatic heterocycles. The van der Waals surface area contributed by atoms with Crippen molar-refractivity contribution in [1.29, 1.82) is 0 Å². The number of hydrogen-bond donors (Lipinski definition) is 1. The molecule has 0 spiro atoms. The molecule has 116 valence electrons. The summed E-state index contributed by atoms with van der Waals surface area (Å²) in [5, 5.41) is 0. The molecular weight excluding hydrogens is 230 g/mol. The number of hydrogen-bond acceptors (Lipinski definition) is 1. The zero-order valence-corrected chi connectivity index (χ0v) is 15.3. The lowest BCUT2D eigenvalue weighted by Crippen LogP contribution is -2.44. The lowest BCUT2D eigenvalue weighted by atomic mass is 9.57. The van der Waals surface area contributed by atoms with Gasteiger partial charge in [0.1, 0.15) is 0 Å². The summed E-state index contributed by atoms with van der Waals surface area (Å²) in [4.78, 5) is 0. The van der Waals surface area contributed by atoms with E-state index in [0.29, 0.717) is 16.7 Å². The molecule has 0 rings (SSSR count). The normalized spacial score (nSPS) is 15.2. The van der Waals surface area contributed by atoms with Gasteiger partial charge < -0.3 is 5.73 Å². The molecule has 0 amide bonds. The lowest BCUT2D eigenvalue weighted by Gasteiger charge is -2.48. The third kappa shape index (κ3) is 6.79. The van der Waals surface area contributed by atoms with E-state index in [2.05, 4.69) is 69.2 Å². The molecule has 0 aliphatic rings. The Morgan fingerprint density at radius 1 is 0.632 bits per heavy atom. The van der Waals surface area contributed by atoms with Crippen LogP contribution in [0.15, 0.2) is 0 Å². The van der Waals surface area contributed by atoms with Crippen molar-refractivity contribution in [3.63, 3.8) is 0 Å². The molecule has 1 nitrogen and oxygen atoms in total. The first-order valence-electron chi connectivity index (χ1n) is 7.81. The van der Waals surface area contributed by atoms with Crippen LogP contribution in [0.3, 0.4) is 0 Å². The molecule has 0 aromatic carbocycles. The van der Waals surface area contributed by atoms with Crippen LogP contribution in [0.1, 0.15) is 82.1 Å². The summed E-state index contributed by atoms with van der Waals surface area (Å²) in [7, 11) is 0. The van der Waals surface area contributed by atoms with Crippen molar-refractivity contribution in [2.45, 2.75) is 82.1 Å². The maximum atomic E-state index is 6.18. The Morgan fingerprint density at radius 3 is 1.05 bits per heavy atom. The van der Waals surface area contributed by atoms with E-state index in [1.165, 1.54) is 12.8 Å². The summed E-state index contributed by atoms with van der Waals surface area (Å²) in [5.41, 5.74) is 7.45. The average molecular weight is 270 g/mol. The molecule has 0 saturated heterocycles. The van der Waals surface area contributed by atoms with Crippen LogP contribution in [0.5, 0.6) is 0 Å². The molecule has 0 radical (unpaired) electrons. The van der Waals surface area contributed by atoms with E-state index in [9.17, 15) is 0 Å². The molecule has 0 bridgehead atoms. The minimum Gasteiger partial charge on any atom is -0.330 e. The van der Waals surface area contributed by atoms with E-state index in [1.54, 1.807) is 0 Å². The predicted molar refractivity (Wildman–Crippen MR) is 88.3 cm³/mol. The topological polar surface area (TPSA) is 26.0 Å². The molecule has 19 heavy (non-hydrogen) atoms. The van der Waals surface area contributed by atoms with Gasteiger partial charge in [0.15, 0.2) is 0 Å². The first kappa shape index (κ1) is 19.0. The van der Waals surface area contributed by atoms with Gasteiger partial charge in [-0.15, -0.1) is 0 Å². The summed E-state index contributed by atoms with van der Waals surface area (Å²) < 4.78 is 0. The Kier molecular flexibility index (Phi) is 5.74. The van der Waals surface area contributed by atoms with Crippen LogP contribution in [0.4, 0.5) is 0 Å². The maximum Gasteiger partial charge on any atom is -0.00386 e. The molecule has 0 aromatic heterocycles. The molecule has 0 aliphatic carbocycles. The van der Waals surface area contributed by atoms with E-state index in [4.69, 9.17) is 5.73 Å². The second-order valence-electron chi connectivity index (χ2n) is 10.2. The third-order valence-electron chi connectivity index (χ3n) is 4.09. The van der Waals surface area contributed by atoms with Gasteiger partial charge in [0, 0.05) is 0 Å². The molecule has 0 fully saturated rings. The number of nitrogens with two attached hydrogens (primary N) is 1. The molecule has 0 aromatic rings. The second-order valence-corrected chi connectivity index (χ2v) is 10.2. The summed E-state index contributed by atoms with van der Waals surface area (Å²) in [6, 6.07) is 0. The van der Waals surface area contributed by atoms with Crippen molar-refractivity contribution in [1.82, 2.24) is 0 Å². The molecule has 2 N–H and O–H groups in total. The Labute approximate surface area is 122 Å². The van der Waals surface area contributed by atoms with E-state index in [1.807, 2.05) is 0 Å². The lowest BCUT2D eigenvalue weighted by molar-refractivity contribution is 0.0184. The first-order valence-corrected chi connectivity index (χ1v) is 7.81. The quantitative estimate of drug-likeness (QED) is 0.702. The second kappa shape index (κ2) is 5.76. The van der Waals surface area contributed by atoms with Crippen molar-refractivity contribution in [3.05, 3.63) is 0 Å². The maximum absolute atomic E-state index is 6.18. The SMILES string of the molecule is CC(C)(C)CC(C)(C)C(CN)C(C)(C)CC(C)(C)C. The largest absolute Gasteiger partial charge is 0.330 e. The van der Waals surface area contributed by atoms with Crippen LogP contribution >= 0.6 is 0 Å². The minimum atomic E-state index is 0.280.